The summed E-state index contributed by atoms with van der Waals surface area (Å²) >= 11 is 2.87. The van der Waals surface area contributed by atoms with Crippen molar-refractivity contribution in [2.24, 2.45) is 0 Å². The smallest absolute Gasteiger partial charge is 0.269 e. The van der Waals surface area contributed by atoms with Crippen LogP contribution in [0, 0.1) is 0 Å². The second kappa shape index (κ2) is 8.32. The van der Waals surface area contributed by atoms with Gasteiger partial charge in [0.15, 0.2) is 4.34 Å². The fourth-order valence-corrected chi connectivity index (χ4v) is 4.34. The number of hydrogen-bond donors (Lipinski definition) is 1. The first-order valence-corrected chi connectivity index (χ1v) is 10.2. The Morgan fingerprint density at radius 2 is 1.86 bits per heavy atom. The van der Waals surface area contributed by atoms with Crippen LogP contribution in [0.5, 0.6) is 0 Å². The summed E-state index contributed by atoms with van der Waals surface area (Å²) in [7, 11) is 0. The van der Waals surface area contributed by atoms with Crippen molar-refractivity contribution in [3.8, 4) is 0 Å². The highest BCUT2D eigenvalue weighted by molar-refractivity contribution is 8.00. The zero-order valence-electron chi connectivity index (χ0n) is 14.6. The largest absolute Gasteiger partial charge is 0.299 e. The summed E-state index contributed by atoms with van der Waals surface area (Å²) in [6.45, 7) is -0.117. The van der Waals surface area contributed by atoms with Crippen LogP contribution in [0.15, 0.2) is 69.9 Å². The van der Waals surface area contributed by atoms with Crippen LogP contribution in [-0.4, -0.2) is 25.7 Å². The summed E-state index contributed by atoms with van der Waals surface area (Å²) < 4.78 is 2.16. The minimum atomic E-state index is -0.339. The molecule has 9 heteroatoms. The topological polar surface area (TPSA) is 89.8 Å². The predicted molar refractivity (Wildman–Crippen MR) is 111 cm³/mol. The first-order valence-electron chi connectivity index (χ1n) is 8.44. The third kappa shape index (κ3) is 4.26. The summed E-state index contributed by atoms with van der Waals surface area (Å²) in [5, 5.41) is 11.2. The lowest BCUT2D eigenvalue weighted by atomic mass is 10.2. The Balaban J connectivity index is 1.42. The van der Waals surface area contributed by atoms with Gasteiger partial charge in [-0.15, -0.1) is 10.2 Å². The maximum Gasteiger partial charge on any atom is 0.269 e. The van der Waals surface area contributed by atoms with Gasteiger partial charge in [0.2, 0.25) is 11.0 Å². The number of fused-ring (bicyclic) bond motifs is 1. The van der Waals surface area contributed by atoms with Gasteiger partial charge < -0.3 is 0 Å². The summed E-state index contributed by atoms with van der Waals surface area (Å²) in [5.41, 5.74) is 2.13. The molecule has 0 saturated carbocycles. The molecule has 0 atom stereocenters. The molecule has 1 amide bonds. The summed E-state index contributed by atoms with van der Waals surface area (Å²) in [5.74, 6) is 0.441. The van der Waals surface area contributed by atoms with Crippen LogP contribution >= 0.6 is 23.1 Å². The van der Waals surface area contributed by atoms with Crippen LogP contribution in [0.25, 0.3) is 11.0 Å². The van der Waals surface area contributed by atoms with Gasteiger partial charge in [-0.3, -0.25) is 19.5 Å². The second-order valence-electron chi connectivity index (χ2n) is 5.87. The van der Waals surface area contributed by atoms with E-state index in [1.807, 2.05) is 36.4 Å². The SMILES string of the molecule is O=C(Cn1c(=O)cnc2ccccc21)Nc1nnc(SCc2ccccc2)s1. The molecule has 1 N–H and O–H groups in total. The van der Waals surface area contributed by atoms with Crippen LogP contribution in [0.3, 0.4) is 0 Å². The molecular formula is C19H15N5O2S2. The van der Waals surface area contributed by atoms with Crippen molar-refractivity contribution < 1.29 is 4.79 Å². The maximum absolute atomic E-state index is 12.4. The Bertz CT molecular complexity index is 1170. The first-order chi connectivity index (χ1) is 13.7. The lowest BCUT2D eigenvalue weighted by Gasteiger charge is -2.08. The van der Waals surface area contributed by atoms with Crippen molar-refractivity contribution in [3.05, 3.63) is 76.7 Å². The van der Waals surface area contributed by atoms with Crippen molar-refractivity contribution in [1.29, 1.82) is 0 Å². The number of rotatable bonds is 6. The van der Waals surface area contributed by atoms with Crippen molar-refractivity contribution >= 4 is 45.2 Å². The van der Waals surface area contributed by atoms with Gasteiger partial charge in [-0.25, -0.2) is 4.98 Å². The summed E-state index contributed by atoms with van der Waals surface area (Å²) in [6, 6.07) is 17.3. The molecule has 7 nitrogen and oxygen atoms in total. The Labute approximate surface area is 168 Å². The summed E-state index contributed by atoms with van der Waals surface area (Å²) in [4.78, 5) is 28.6. The van der Waals surface area contributed by atoms with Gasteiger partial charge in [-0.05, 0) is 17.7 Å². The third-order valence-corrected chi connectivity index (χ3v) is 5.96. The highest BCUT2D eigenvalue weighted by Crippen LogP contribution is 2.28. The standard InChI is InChI=1S/C19H15N5O2S2/c25-16(11-24-15-9-5-4-8-14(15)20-10-17(24)26)21-18-22-23-19(28-18)27-12-13-6-2-1-3-7-13/h1-10H,11-12H2,(H,21,22,25). The number of amides is 1. The molecule has 0 radical (unpaired) electrons. The molecular weight excluding hydrogens is 394 g/mol. The van der Waals surface area contributed by atoms with Gasteiger partial charge in [0, 0.05) is 5.75 Å². The Morgan fingerprint density at radius 3 is 2.71 bits per heavy atom. The van der Waals surface area contributed by atoms with Gasteiger partial charge in [-0.1, -0.05) is 65.6 Å². The number of nitrogens with zero attached hydrogens (tertiary/aromatic N) is 4. The fourth-order valence-electron chi connectivity index (χ4n) is 2.62. The average molecular weight is 409 g/mol. The van der Waals surface area contributed by atoms with Gasteiger partial charge >= 0.3 is 0 Å². The Kier molecular flexibility index (Phi) is 5.45. The highest BCUT2D eigenvalue weighted by Gasteiger charge is 2.12. The summed E-state index contributed by atoms with van der Waals surface area (Å²) in [6.07, 6.45) is 1.22. The molecule has 0 unspecified atom stereocenters. The zero-order valence-corrected chi connectivity index (χ0v) is 16.2. The molecule has 0 aliphatic rings. The first kappa shape index (κ1) is 18.3. The van der Waals surface area contributed by atoms with E-state index >= 15 is 0 Å². The monoisotopic (exact) mass is 409 g/mol. The number of anilines is 1. The molecule has 0 fully saturated rings. The van der Waals surface area contributed by atoms with Crippen LogP contribution in [0.2, 0.25) is 0 Å². The van der Waals surface area contributed by atoms with Crippen LogP contribution in [0.1, 0.15) is 5.56 Å². The Morgan fingerprint density at radius 1 is 1.07 bits per heavy atom. The number of aromatic nitrogens is 4. The van der Waals surface area contributed by atoms with E-state index in [-0.39, 0.29) is 18.0 Å². The van der Waals surface area contributed by atoms with E-state index in [2.05, 4.69) is 20.5 Å². The molecule has 2 aromatic carbocycles. The number of carbonyl (C=O) groups is 1. The number of para-hydroxylation sites is 2. The zero-order chi connectivity index (χ0) is 19.3. The van der Waals surface area contributed by atoms with Crippen molar-refractivity contribution in [2.45, 2.75) is 16.6 Å². The maximum atomic E-state index is 12.4. The second-order valence-corrected chi connectivity index (χ2v) is 8.07. The minimum Gasteiger partial charge on any atom is -0.299 e. The van der Waals surface area contributed by atoms with E-state index in [1.165, 1.54) is 27.7 Å². The normalized spacial score (nSPS) is 10.9. The van der Waals surface area contributed by atoms with E-state index in [0.717, 1.165) is 10.1 Å². The third-order valence-electron chi connectivity index (χ3n) is 3.91. The lowest BCUT2D eigenvalue weighted by molar-refractivity contribution is -0.116. The van der Waals surface area contributed by atoms with Crippen LogP contribution in [-0.2, 0) is 17.1 Å². The van der Waals surface area contributed by atoms with Gasteiger partial charge in [0.1, 0.15) is 6.54 Å². The highest BCUT2D eigenvalue weighted by atomic mass is 32.2. The van der Waals surface area contributed by atoms with Crippen molar-refractivity contribution in [2.75, 3.05) is 5.32 Å². The van der Waals surface area contributed by atoms with Crippen molar-refractivity contribution in [1.82, 2.24) is 19.7 Å². The van der Waals surface area contributed by atoms with E-state index in [1.54, 1.807) is 30.0 Å². The molecule has 0 spiro atoms. The lowest BCUT2D eigenvalue weighted by Crippen LogP contribution is -2.27. The number of benzene rings is 2. The van der Waals surface area contributed by atoms with Crippen molar-refractivity contribution in [3.63, 3.8) is 0 Å². The molecule has 2 heterocycles. The fraction of sp³-hybridized carbons (Fsp3) is 0.105. The average Bonchev–Trinajstić information content (AvgIpc) is 3.16. The van der Waals surface area contributed by atoms with Crippen LogP contribution in [0.4, 0.5) is 5.13 Å². The van der Waals surface area contributed by atoms with Gasteiger partial charge in [-0.2, -0.15) is 0 Å². The molecule has 0 aliphatic carbocycles. The molecule has 140 valence electrons. The Hall–Kier alpha value is -3.04. The predicted octanol–water partition coefficient (Wildman–Crippen LogP) is 3.18. The van der Waals surface area contributed by atoms with E-state index < -0.39 is 0 Å². The molecule has 2 aromatic heterocycles. The number of thioether (sulfide) groups is 1. The number of carbonyl (C=O) groups excluding carboxylic acids is 1. The molecule has 28 heavy (non-hydrogen) atoms. The van der Waals surface area contributed by atoms with E-state index in [0.29, 0.717) is 16.2 Å². The molecule has 0 saturated heterocycles. The van der Waals surface area contributed by atoms with E-state index in [9.17, 15) is 9.59 Å². The molecule has 4 aromatic rings. The van der Waals surface area contributed by atoms with Gasteiger partial charge in [0.25, 0.3) is 5.56 Å². The van der Waals surface area contributed by atoms with Gasteiger partial charge in [0.05, 0.1) is 17.2 Å². The number of hydrogen-bond acceptors (Lipinski definition) is 7. The molecule has 4 rings (SSSR count). The molecule has 0 aliphatic heterocycles. The van der Waals surface area contributed by atoms with Crippen LogP contribution < -0.4 is 10.9 Å². The van der Waals surface area contributed by atoms with E-state index in [4.69, 9.17) is 0 Å². The molecule has 0 bridgehead atoms. The number of nitrogens with one attached hydrogen (secondary N) is 1. The quantitative estimate of drug-likeness (QED) is 0.389. The minimum absolute atomic E-state index is 0.117.